The van der Waals surface area contributed by atoms with Crippen LogP contribution in [-0.4, -0.2) is 0 Å². The summed E-state index contributed by atoms with van der Waals surface area (Å²) in [7, 11) is 0. The van der Waals surface area contributed by atoms with Gasteiger partial charge in [-0.25, -0.2) is 0 Å². The second kappa shape index (κ2) is 9.66. The van der Waals surface area contributed by atoms with Crippen molar-refractivity contribution < 1.29 is 0 Å². The predicted molar refractivity (Wildman–Crippen MR) is 69.7 cm³/mol. The summed E-state index contributed by atoms with van der Waals surface area (Å²) in [6.07, 6.45) is 5.66. The summed E-state index contributed by atoms with van der Waals surface area (Å²) in [6.45, 7) is 17.9. The van der Waals surface area contributed by atoms with Crippen LogP contribution < -0.4 is 0 Å². The molecule has 0 bridgehead atoms. The standard InChI is InChI=1S/C10H16.C2H6.H2S/c1-6-7-8-9(2)10(3,4)5;1-2;/h6-8H,1-2H2,3-5H3;1-2H3;1H2/b8-7-;;. The van der Waals surface area contributed by atoms with Crippen molar-refractivity contribution in [2.75, 3.05) is 0 Å². The first kappa shape index (κ1) is 18.4. The fraction of sp³-hybridized carbons (Fsp3) is 0.500. The van der Waals surface area contributed by atoms with Crippen LogP contribution >= 0.6 is 13.5 Å². The molecule has 0 spiro atoms. The number of allylic oxidation sites excluding steroid dienone is 4. The van der Waals surface area contributed by atoms with Gasteiger partial charge in [0.15, 0.2) is 0 Å². The maximum atomic E-state index is 3.93. The largest absolute Gasteiger partial charge is 0.197 e. The molecule has 0 aliphatic heterocycles. The van der Waals surface area contributed by atoms with E-state index < -0.39 is 0 Å². The van der Waals surface area contributed by atoms with Gasteiger partial charge in [0.2, 0.25) is 0 Å². The maximum Gasteiger partial charge on any atom is -0.0138 e. The normalized spacial score (nSPS) is 9.62. The molecule has 0 rings (SSSR count). The summed E-state index contributed by atoms with van der Waals surface area (Å²) in [5.74, 6) is 0. The van der Waals surface area contributed by atoms with Crippen molar-refractivity contribution in [3.05, 3.63) is 37.0 Å². The van der Waals surface area contributed by atoms with E-state index in [9.17, 15) is 0 Å². The van der Waals surface area contributed by atoms with E-state index in [-0.39, 0.29) is 18.9 Å². The van der Waals surface area contributed by atoms with Gasteiger partial charge in [0.25, 0.3) is 0 Å². The average Bonchev–Trinajstić information content (AvgIpc) is 2.02. The van der Waals surface area contributed by atoms with Gasteiger partial charge >= 0.3 is 0 Å². The van der Waals surface area contributed by atoms with Gasteiger partial charge in [-0.15, -0.1) is 0 Å². The summed E-state index contributed by atoms with van der Waals surface area (Å²) >= 11 is 0. The lowest BCUT2D eigenvalue weighted by Crippen LogP contribution is -2.05. The lowest BCUT2D eigenvalue weighted by Gasteiger charge is -2.18. The van der Waals surface area contributed by atoms with Crippen molar-refractivity contribution in [2.45, 2.75) is 34.6 Å². The summed E-state index contributed by atoms with van der Waals surface area (Å²) in [4.78, 5) is 0. The van der Waals surface area contributed by atoms with Crippen LogP contribution in [0.3, 0.4) is 0 Å². The first-order chi connectivity index (χ1) is 5.48. The number of hydrogen-bond acceptors (Lipinski definition) is 0. The molecule has 0 nitrogen and oxygen atoms in total. The molecule has 13 heavy (non-hydrogen) atoms. The van der Waals surface area contributed by atoms with Gasteiger partial charge in [-0.05, 0) is 11.0 Å². The lowest BCUT2D eigenvalue weighted by atomic mass is 9.87. The van der Waals surface area contributed by atoms with Crippen LogP contribution in [0.2, 0.25) is 0 Å². The Balaban J connectivity index is -0.000000309. The Kier molecular flexibility index (Phi) is 13.6. The summed E-state index contributed by atoms with van der Waals surface area (Å²) in [6, 6.07) is 0. The van der Waals surface area contributed by atoms with Gasteiger partial charge < -0.3 is 0 Å². The van der Waals surface area contributed by atoms with Crippen LogP contribution in [-0.2, 0) is 0 Å². The van der Waals surface area contributed by atoms with Crippen molar-refractivity contribution in [3.8, 4) is 0 Å². The van der Waals surface area contributed by atoms with Crippen LogP contribution in [0.25, 0.3) is 0 Å². The maximum absolute atomic E-state index is 3.93. The number of rotatable bonds is 2. The molecule has 1 heteroatoms. The monoisotopic (exact) mass is 200 g/mol. The summed E-state index contributed by atoms with van der Waals surface area (Å²) in [5, 5.41) is 0. The van der Waals surface area contributed by atoms with E-state index in [1.807, 2.05) is 26.0 Å². The van der Waals surface area contributed by atoms with E-state index >= 15 is 0 Å². The molecule has 0 N–H and O–H groups in total. The zero-order valence-electron chi connectivity index (χ0n) is 9.65. The molecule has 78 valence electrons. The third-order valence-electron chi connectivity index (χ3n) is 1.40. The Morgan fingerprint density at radius 3 is 1.77 bits per heavy atom. The summed E-state index contributed by atoms with van der Waals surface area (Å²) in [5.41, 5.74) is 1.31. The van der Waals surface area contributed by atoms with Crippen LogP contribution in [0.15, 0.2) is 37.0 Å². The minimum Gasteiger partial charge on any atom is -0.197 e. The molecule has 0 atom stereocenters. The fourth-order valence-corrected chi connectivity index (χ4v) is 0.434. The molecule has 0 aliphatic rings. The Morgan fingerprint density at radius 2 is 1.54 bits per heavy atom. The SMILES string of the molecule is C=C/C=C\C(=C)C(C)(C)C.CC.S. The Bertz CT molecular complexity index is 158. The highest BCUT2D eigenvalue weighted by Gasteiger charge is 2.10. The van der Waals surface area contributed by atoms with Gasteiger partial charge in [0.1, 0.15) is 0 Å². The molecule has 0 unspecified atom stereocenters. The lowest BCUT2D eigenvalue weighted by molar-refractivity contribution is 0.519. The van der Waals surface area contributed by atoms with E-state index in [2.05, 4.69) is 33.9 Å². The molecule has 0 saturated carbocycles. The van der Waals surface area contributed by atoms with Crippen molar-refractivity contribution in [1.82, 2.24) is 0 Å². The predicted octanol–water partition coefficient (Wildman–Crippen LogP) is 4.47. The van der Waals surface area contributed by atoms with E-state index in [1.165, 1.54) is 0 Å². The van der Waals surface area contributed by atoms with Crippen molar-refractivity contribution >= 4 is 13.5 Å². The van der Waals surface area contributed by atoms with Crippen LogP contribution in [0, 0.1) is 5.41 Å². The molecular formula is C12H24S. The Labute approximate surface area is 90.9 Å². The first-order valence-electron chi connectivity index (χ1n) is 4.47. The molecule has 0 fully saturated rings. The van der Waals surface area contributed by atoms with Gasteiger partial charge in [0.05, 0.1) is 0 Å². The Hall–Kier alpha value is -0.430. The van der Waals surface area contributed by atoms with Gasteiger partial charge in [-0.2, -0.15) is 13.5 Å². The van der Waals surface area contributed by atoms with Gasteiger partial charge in [-0.1, -0.05) is 66.0 Å². The zero-order valence-corrected chi connectivity index (χ0v) is 10.6. The molecule has 0 heterocycles. The van der Waals surface area contributed by atoms with Crippen molar-refractivity contribution in [3.63, 3.8) is 0 Å². The zero-order chi connectivity index (χ0) is 10.2. The molecule has 0 aromatic carbocycles. The fourth-order valence-electron chi connectivity index (χ4n) is 0.434. The average molecular weight is 200 g/mol. The molecule has 0 radical (unpaired) electrons. The highest BCUT2D eigenvalue weighted by Crippen LogP contribution is 2.23. The summed E-state index contributed by atoms with van der Waals surface area (Å²) < 4.78 is 0. The van der Waals surface area contributed by atoms with Gasteiger partial charge in [0, 0.05) is 0 Å². The molecule has 0 aliphatic carbocycles. The molecule has 0 aromatic rings. The van der Waals surface area contributed by atoms with Crippen LogP contribution in [0.1, 0.15) is 34.6 Å². The molecule has 0 aromatic heterocycles. The third-order valence-corrected chi connectivity index (χ3v) is 1.40. The van der Waals surface area contributed by atoms with E-state index in [0.29, 0.717) is 0 Å². The molecular weight excluding hydrogens is 176 g/mol. The number of hydrogen-bond donors (Lipinski definition) is 0. The Morgan fingerprint density at radius 1 is 1.15 bits per heavy atom. The quantitative estimate of drug-likeness (QED) is 0.577. The molecule has 0 amide bonds. The smallest absolute Gasteiger partial charge is 0.0138 e. The minimum atomic E-state index is 0. The van der Waals surface area contributed by atoms with Gasteiger partial charge in [-0.3, -0.25) is 0 Å². The van der Waals surface area contributed by atoms with E-state index in [4.69, 9.17) is 0 Å². The van der Waals surface area contributed by atoms with E-state index in [1.54, 1.807) is 6.08 Å². The second-order valence-electron chi connectivity index (χ2n) is 3.37. The first-order valence-corrected chi connectivity index (χ1v) is 4.47. The highest BCUT2D eigenvalue weighted by atomic mass is 32.1. The van der Waals surface area contributed by atoms with Crippen LogP contribution in [0.5, 0.6) is 0 Å². The van der Waals surface area contributed by atoms with E-state index in [0.717, 1.165) is 5.57 Å². The second-order valence-corrected chi connectivity index (χ2v) is 3.37. The third kappa shape index (κ3) is 11.6. The highest BCUT2D eigenvalue weighted by molar-refractivity contribution is 7.59. The topological polar surface area (TPSA) is 0 Å². The van der Waals surface area contributed by atoms with Crippen LogP contribution in [0.4, 0.5) is 0 Å². The minimum absolute atomic E-state index is 0. The molecule has 0 saturated heterocycles. The van der Waals surface area contributed by atoms with Crippen molar-refractivity contribution in [1.29, 1.82) is 0 Å². The van der Waals surface area contributed by atoms with Crippen molar-refractivity contribution in [2.24, 2.45) is 5.41 Å².